The van der Waals surface area contributed by atoms with Crippen LogP contribution >= 0.6 is 0 Å². The number of amides is 1. The molecule has 2 N–H and O–H groups in total. The molecule has 0 unspecified atom stereocenters. The van der Waals surface area contributed by atoms with Gasteiger partial charge in [-0.25, -0.2) is 4.98 Å². The summed E-state index contributed by atoms with van der Waals surface area (Å²) in [5.74, 6) is -0.270. The van der Waals surface area contributed by atoms with E-state index in [2.05, 4.69) is 15.3 Å². The molecule has 0 aliphatic carbocycles. The minimum atomic E-state index is -0.875. The number of benzene rings is 1. The number of hydrogen-bond donors (Lipinski definition) is 2. The van der Waals surface area contributed by atoms with Crippen LogP contribution in [-0.2, 0) is 0 Å². The SMILES string of the molecule is CC(C)(C#N)NC(=O)c1ccc2nc[nH]c2c1. The number of H-pyrrole nitrogens is 1. The average Bonchev–Trinajstić information content (AvgIpc) is 2.75. The lowest BCUT2D eigenvalue weighted by atomic mass is 10.1. The van der Waals surface area contributed by atoms with Gasteiger partial charge in [0.15, 0.2) is 0 Å². The molecule has 2 aromatic rings. The van der Waals surface area contributed by atoms with Crippen LogP contribution < -0.4 is 5.32 Å². The summed E-state index contributed by atoms with van der Waals surface area (Å²) in [6.07, 6.45) is 1.57. The van der Waals surface area contributed by atoms with Crippen molar-refractivity contribution in [3.63, 3.8) is 0 Å². The lowest BCUT2D eigenvalue weighted by Crippen LogP contribution is -2.42. The van der Waals surface area contributed by atoms with E-state index >= 15 is 0 Å². The minimum absolute atomic E-state index is 0.270. The molecule has 1 heterocycles. The van der Waals surface area contributed by atoms with E-state index in [9.17, 15) is 4.79 Å². The monoisotopic (exact) mass is 228 g/mol. The van der Waals surface area contributed by atoms with Crippen LogP contribution in [0.25, 0.3) is 11.0 Å². The first-order chi connectivity index (χ1) is 8.02. The van der Waals surface area contributed by atoms with Crippen molar-refractivity contribution in [1.29, 1.82) is 5.26 Å². The van der Waals surface area contributed by atoms with Gasteiger partial charge in [-0.1, -0.05) is 0 Å². The molecule has 0 bridgehead atoms. The summed E-state index contributed by atoms with van der Waals surface area (Å²) >= 11 is 0. The highest BCUT2D eigenvalue weighted by Crippen LogP contribution is 2.12. The first-order valence-corrected chi connectivity index (χ1v) is 5.19. The van der Waals surface area contributed by atoms with E-state index in [0.29, 0.717) is 5.56 Å². The summed E-state index contributed by atoms with van der Waals surface area (Å²) in [7, 11) is 0. The maximum absolute atomic E-state index is 11.9. The molecule has 1 aromatic heterocycles. The highest BCUT2D eigenvalue weighted by molar-refractivity contribution is 5.97. The van der Waals surface area contributed by atoms with Gasteiger partial charge in [-0.2, -0.15) is 5.26 Å². The smallest absolute Gasteiger partial charge is 0.252 e. The van der Waals surface area contributed by atoms with Gasteiger partial charge in [-0.3, -0.25) is 4.79 Å². The molecule has 0 radical (unpaired) electrons. The molecule has 86 valence electrons. The van der Waals surface area contributed by atoms with Crippen LogP contribution in [0.4, 0.5) is 0 Å². The van der Waals surface area contributed by atoms with Gasteiger partial charge in [-0.05, 0) is 32.0 Å². The number of aromatic amines is 1. The van der Waals surface area contributed by atoms with Crippen molar-refractivity contribution in [3.8, 4) is 6.07 Å². The Balaban J connectivity index is 2.28. The number of rotatable bonds is 2. The topological polar surface area (TPSA) is 81.6 Å². The van der Waals surface area contributed by atoms with Gasteiger partial charge >= 0.3 is 0 Å². The molecular formula is C12H12N4O. The summed E-state index contributed by atoms with van der Waals surface area (Å²) in [5, 5.41) is 11.5. The highest BCUT2D eigenvalue weighted by atomic mass is 16.1. The van der Waals surface area contributed by atoms with Crippen LogP contribution in [0.1, 0.15) is 24.2 Å². The molecule has 1 amide bonds. The van der Waals surface area contributed by atoms with Gasteiger partial charge < -0.3 is 10.3 Å². The molecule has 5 heteroatoms. The predicted molar refractivity (Wildman–Crippen MR) is 63.3 cm³/mol. The average molecular weight is 228 g/mol. The van der Waals surface area contributed by atoms with E-state index in [1.54, 1.807) is 38.4 Å². The van der Waals surface area contributed by atoms with Crippen LogP contribution in [0.15, 0.2) is 24.5 Å². The molecule has 0 saturated heterocycles. The van der Waals surface area contributed by atoms with E-state index in [1.165, 1.54) is 0 Å². The zero-order chi connectivity index (χ0) is 12.5. The van der Waals surface area contributed by atoms with Gasteiger partial charge in [0.25, 0.3) is 5.91 Å². The fourth-order valence-corrected chi connectivity index (χ4v) is 1.46. The van der Waals surface area contributed by atoms with Gasteiger partial charge in [-0.15, -0.1) is 0 Å². The second kappa shape index (κ2) is 3.91. The minimum Gasteiger partial charge on any atom is -0.345 e. The third-order valence-electron chi connectivity index (χ3n) is 2.39. The maximum atomic E-state index is 11.9. The second-order valence-corrected chi connectivity index (χ2v) is 4.33. The van der Waals surface area contributed by atoms with Gasteiger partial charge in [0.1, 0.15) is 5.54 Å². The standard InChI is InChI=1S/C12H12N4O/c1-12(2,6-13)16-11(17)8-3-4-9-10(5-8)15-7-14-9/h3-5,7H,1-2H3,(H,14,15)(H,16,17). The Labute approximate surface area is 98.5 Å². The fraction of sp³-hybridized carbons (Fsp3) is 0.250. The van der Waals surface area contributed by atoms with Gasteiger partial charge in [0.2, 0.25) is 0 Å². The summed E-state index contributed by atoms with van der Waals surface area (Å²) in [4.78, 5) is 18.9. The maximum Gasteiger partial charge on any atom is 0.252 e. The van der Waals surface area contributed by atoms with Crippen LogP contribution in [-0.4, -0.2) is 21.4 Å². The molecule has 0 atom stereocenters. The number of carbonyl (C=O) groups excluding carboxylic acids is 1. The zero-order valence-corrected chi connectivity index (χ0v) is 9.61. The van der Waals surface area contributed by atoms with Gasteiger partial charge in [0.05, 0.1) is 23.4 Å². The number of nitrogens with one attached hydrogen (secondary N) is 2. The Morgan fingerprint density at radius 2 is 2.29 bits per heavy atom. The first kappa shape index (κ1) is 11.1. The van der Waals surface area contributed by atoms with E-state index in [0.717, 1.165) is 11.0 Å². The normalized spacial score (nSPS) is 11.1. The van der Waals surface area contributed by atoms with Crippen molar-refractivity contribution in [2.75, 3.05) is 0 Å². The van der Waals surface area contributed by atoms with Crippen molar-refractivity contribution >= 4 is 16.9 Å². The zero-order valence-electron chi connectivity index (χ0n) is 9.61. The predicted octanol–water partition coefficient (Wildman–Crippen LogP) is 1.59. The Morgan fingerprint density at radius 1 is 1.53 bits per heavy atom. The summed E-state index contributed by atoms with van der Waals surface area (Å²) in [6, 6.07) is 7.19. The third-order valence-corrected chi connectivity index (χ3v) is 2.39. The van der Waals surface area contributed by atoms with E-state index < -0.39 is 5.54 Å². The number of imidazole rings is 1. The van der Waals surface area contributed by atoms with E-state index in [4.69, 9.17) is 5.26 Å². The molecule has 0 spiro atoms. The summed E-state index contributed by atoms with van der Waals surface area (Å²) < 4.78 is 0. The van der Waals surface area contributed by atoms with Crippen molar-refractivity contribution in [2.24, 2.45) is 0 Å². The number of nitrogens with zero attached hydrogens (tertiary/aromatic N) is 2. The quantitative estimate of drug-likeness (QED) is 0.819. The van der Waals surface area contributed by atoms with Crippen LogP contribution in [0.3, 0.4) is 0 Å². The second-order valence-electron chi connectivity index (χ2n) is 4.33. The van der Waals surface area contributed by atoms with Crippen LogP contribution in [0.5, 0.6) is 0 Å². The van der Waals surface area contributed by atoms with Crippen molar-refractivity contribution in [1.82, 2.24) is 15.3 Å². The van der Waals surface area contributed by atoms with Crippen LogP contribution in [0, 0.1) is 11.3 Å². The Hall–Kier alpha value is -2.35. The molecule has 0 aliphatic rings. The molecule has 0 saturated carbocycles. The number of aromatic nitrogens is 2. The lowest BCUT2D eigenvalue weighted by molar-refractivity contribution is 0.0929. The summed E-state index contributed by atoms with van der Waals surface area (Å²) in [6.45, 7) is 3.30. The Bertz CT molecular complexity index is 606. The largest absolute Gasteiger partial charge is 0.345 e. The number of fused-ring (bicyclic) bond motifs is 1. The Kier molecular flexibility index (Phi) is 2.56. The molecule has 17 heavy (non-hydrogen) atoms. The number of nitriles is 1. The lowest BCUT2D eigenvalue weighted by Gasteiger charge is -2.17. The van der Waals surface area contributed by atoms with E-state index in [-0.39, 0.29) is 5.91 Å². The van der Waals surface area contributed by atoms with Gasteiger partial charge in [0, 0.05) is 5.56 Å². The first-order valence-electron chi connectivity index (χ1n) is 5.19. The fourth-order valence-electron chi connectivity index (χ4n) is 1.46. The van der Waals surface area contributed by atoms with Crippen LogP contribution in [0.2, 0.25) is 0 Å². The molecular weight excluding hydrogens is 216 g/mol. The molecule has 5 nitrogen and oxygen atoms in total. The Morgan fingerprint density at radius 3 is 3.00 bits per heavy atom. The van der Waals surface area contributed by atoms with Crippen molar-refractivity contribution in [2.45, 2.75) is 19.4 Å². The molecule has 2 rings (SSSR count). The molecule has 0 aliphatic heterocycles. The molecule has 0 fully saturated rings. The molecule has 1 aromatic carbocycles. The number of carbonyl (C=O) groups is 1. The van der Waals surface area contributed by atoms with Crippen molar-refractivity contribution in [3.05, 3.63) is 30.1 Å². The van der Waals surface area contributed by atoms with E-state index in [1.807, 2.05) is 6.07 Å². The number of hydrogen-bond acceptors (Lipinski definition) is 3. The summed E-state index contributed by atoms with van der Waals surface area (Å²) in [5.41, 5.74) is 1.23. The highest BCUT2D eigenvalue weighted by Gasteiger charge is 2.20. The third kappa shape index (κ3) is 2.26. The van der Waals surface area contributed by atoms with Crippen molar-refractivity contribution < 1.29 is 4.79 Å².